The van der Waals surface area contributed by atoms with Gasteiger partial charge < -0.3 is 9.47 Å². The summed E-state index contributed by atoms with van der Waals surface area (Å²) in [7, 11) is 1.52. The van der Waals surface area contributed by atoms with Gasteiger partial charge in [-0.2, -0.15) is 0 Å². The number of nitrogens with one attached hydrogen (secondary N) is 1. The molecule has 0 aromatic carbocycles. The smallest absolute Gasteiger partial charge is 0.411 e. The van der Waals surface area contributed by atoms with Crippen molar-refractivity contribution in [3.63, 3.8) is 0 Å². The van der Waals surface area contributed by atoms with Gasteiger partial charge in [-0.15, -0.1) is 11.3 Å². The molecule has 15 heavy (non-hydrogen) atoms. The molecule has 6 heteroatoms. The number of thiophene rings is 1. The first-order valence-corrected chi connectivity index (χ1v) is 5.10. The van der Waals surface area contributed by atoms with Crippen molar-refractivity contribution in [2.45, 2.75) is 0 Å². The Balaban J connectivity index is 2.34. The van der Waals surface area contributed by atoms with E-state index in [0.717, 1.165) is 6.29 Å². The summed E-state index contributed by atoms with van der Waals surface area (Å²) in [4.78, 5) is 22.0. The number of carbonyl (C=O) groups excluding carboxylic acids is 2. The Morgan fingerprint density at radius 1 is 1.60 bits per heavy atom. The van der Waals surface area contributed by atoms with Gasteiger partial charge >= 0.3 is 6.09 Å². The van der Waals surface area contributed by atoms with E-state index in [0.29, 0.717) is 17.2 Å². The lowest BCUT2D eigenvalue weighted by atomic mass is 10.4. The molecule has 1 aromatic heterocycles. The molecular weight excluding hydrogens is 218 g/mol. The number of rotatable bonds is 5. The van der Waals surface area contributed by atoms with Crippen molar-refractivity contribution in [3.05, 3.63) is 16.3 Å². The van der Waals surface area contributed by atoms with E-state index in [1.165, 1.54) is 18.4 Å². The molecular formula is C9H11NO4S. The van der Waals surface area contributed by atoms with E-state index in [1.54, 1.807) is 11.4 Å². The summed E-state index contributed by atoms with van der Waals surface area (Å²) in [5.74, 6) is 0. The fraction of sp³-hybridized carbons (Fsp3) is 0.333. The lowest BCUT2D eigenvalue weighted by Gasteiger charge is -2.04. The van der Waals surface area contributed by atoms with Crippen molar-refractivity contribution in [1.82, 2.24) is 0 Å². The van der Waals surface area contributed by atoms with Gasteiger partial charge in [-0.05, 0) is 6.07 Å². The first-order chi connectivity index (χ1) is 7.26. The quantitative estimate of drug-likeness (QED) is 0.617. The molecule has 1 heterocycles. The minimum Gasteiger partial charge on any atom is -0.447 e. The normalized spacial score (nSPS) is 9.67. The van der Waals surface area contributed by atoms with E-state index in [4.69, 9.17) is 9.47 Å². The topological polar surface area (TPSA) is 64.6 Å². The fourth-order valence-electron chi connectivity index (χ4n) is 0.852. The third kappa shape index (κ3) is 4.09. The molecule has 1 N–H and O–H groups in total. The number of methoxy groups -OCH3 is 1. The summed E-state index contributed by atoms with van der Waals surface area (Å²) in [5.41, 5.74) is 0.560. The van der Waals surface area contributed by atoms with Crippen LogP contribution >= 0.6 is 11.3 Å². The minimum absolute atomic E-state index is 0.201. The Hall–Kier alpha value is -1.40. The molecule has 0 bridgehead atoms. The van der Waals surface area contributed by atoms with Crippen LogP contribution in [0.5, 0.6) is 0 Å². The number of amides is 1. The van der Waals surface area contributed by atoms with Crippen LogP contribution in [0.15, 0.2) is 11.4 Å². The van der Waals surface area contributed by atoms with Gasteiger partial charge in [0.25, 0.3) is 0 Å². The number of anilines is 1. The van der Waals surface area contributed by atoms with Gasteiger partial charge in [-0.1, -0.05) is 0 Å². The highest BCUT2D eigenvalue weighted by atomic mass is 32.1. The number of hydrogen-bond acceptors (Lipinski definition) is 5. The summed E-state index contributed by atoms with van der Waals surface area (Å²) in [6.07, 6.45) is 0.175. The Morgan fingerprint density at radius 3 is 3.00 bits per heavy atom. The van der Waals surface area contributed by atoms with Gasteiger partial charge in [-0.25, -0.2) is 4.79 Å². The molecule has 0 aliphatic carbocycles. The summed E-state index contributed by atoms with van der Waals surface area (Å²) >= 11 is 1.26. The molecule has 0 radical (unpaired) electrons. The highest BCUT2D eigenvalue weighted by Gasteiger charge is 2.04. The maximum absolute atomic E-state index is 11.1. The van der Waals surface area contributed by atoms with Crippen LogP contribution < -0.4 is 5.32 Å². The maximum Gasteiger partial charge on any atom is 0.411 e. The van der Waals surface area contributed by atoms with Crippen LogP contribution in [0.1, 0.15) is 9.67 Å². The second kappa shape index (κ2) is 6.15. The Morgan fingerprint density at radius 2 is 2.40 bits per heavy atom. The Labute approximate surface area is 91.0 Å². The zero-order valence-electron chi connectivity index (χ0n) is 8.19. The summed E-state index contributed by atoms with van der Waals surface area (Å²) in [5, 5.41) is 4.16. The van der Waals surface area contributed by atoms with Crippen molar-refractivity contribution in [2.24, 2.45) is 0 Å². The first-order valence-electron chi connectivity index (χ1n) is 4.22. The molecule has 0 unspecified atom stereocenters. The molecule has 0 saturated heterocycles. The lowest BCUT2D eigenvalue weighted by molar-refractivity contribution is 0.107. The van der Waals surface area contributed by atoms with Crippen LogP contribution in [-0.4, -0.2) is 32.7 Å². The van der Waals surface area contributed by atoms with Crippen LogP contribution in [0.4, 0.5) is 10.5 Å². The van der Waals surface area contributed by atoms with Crippen molar-refractivity contribution >= 4 is 29.4 Å². The highest BCUT2D eigenvalue weighted by molar-refractivity contribution is 7.12. The van der Waals surface area contributed by atoms with Crippen molar-refractivity contribution in [1.29, 1.82) is 0 Å². The third-order valence-electron chi connectivity index (χ3n) is 1.50. The van der Waals surface area contributed by atoms with Crippen LogP contribution in [0.25, 0.3) is 0 Å². The number of ether oxygens (including phenoxy) is 2. The van der Waals surface area contributed by atoms with Gasteiger partial charge in [0.1, 0.15) is 6.61 Å². The van der Waals surface area contributed by atoms with E-state index in [-0.39, 0.29) is 6.61 Å². The molecule has 0 saturated carbocycles. The van der Waals surface area contributed by atoms with E-state index >= 15 is 0 Å². The van der Waals surface area contributed by atoms with E-state index in [9.17, 15) is 9.59 Å². The highest BCUT2D eigenvalue weighted by Crippen LogP contribution is 2.17. The van der Waals surface area contributed by atoms with Crippen molar-refractivity contribution in [3.8, 4) is 0 Å². The molecule has 5 nitrogen and oxygen atoms in total. The number of aldehydes is 1. The molecule has 0 aliphatic heterocycles. The van der Waals surface area contributed by atoms with Crippen molar-refractivity contribution in [2.75, 3.05) is 25.6 Å². The van der Waals surface area contributed by atoms with Crippen LogP contribution in [0.3, 0.4) is 0 Å². The predicted octanol–water partition coefficient (Wildman–Crippen LogP) is 1.76. The molecule has 0 fully saturated rings. The fourth-order valence-corrected chi connectivity index (χ4v) is 1.49. The molecule has 0 atom stereocenters. The predicted molar refractivity (Wildman–Crippen MR) is 56.6 cm³/mol. The summed E-state index contributed by atoms with van der Waals surface area (Å²) in [6, 6.07) is 1.58. The Kier molecular flexibility index (Phi) is 4.79. The van der Waals surface area contributed by atoms with Crippen LogP contribution in [0, 0.1) is 0 Å². The minimum atomic E-state index is -0.553. The van der Waals surface area contributed by atoms with E-state index < -0.39 is 6.09 Å². The standard InChI is InChI=1S/C9H11NO4S/c1-13-2-3-14-9(12)10-7-4-8(5-11)15-6-7/h4-6H,2-3H2,1H3,(H,10,12). The van der Waals surface area contributed by atoms with Gasteiger partial charge in [-0.3, -0.25) is 10.1 Å². The summed E-state index contributed by atoms with van der Waals surface area (Å²) in [6.45, 7) is 0.559. The molecule has 1 aromatic rings. The molecule has 0 spiro atoms. The van der Waals surface area contributed by atoms with Crippen LogP contribution in [0.2, 0.25) is 0 Å². The average molecular weight is 229 g/mol. The van der Waals surface area contributed by atoms with Gasteiger partial charge in [0.05, 0.1) is 17.2 Å². The monoisotopic (exact) mass is 229 g/mol. The zero-order chi connectivity index (χ0) is 11.1. The molecule has 1 amide bonds. The SMILES string of the molecule is COCCOC(=O)Nc1csc(C=O)c1. The van der Waals surface area contributed by atoms with Gasteiger partial charge in [0, 0.05) is 12.5 Å². The molecule has 1 rings (SSSR count). The largest absolute Gasteiger partial charge is 0.447 e. The number of hydrogen-bond donors (Lipinski definition) is 1. The van der Waals surface area contributed by atoms with Gasteiger partial charge in [0.2, 0.25) is 0 Å². The van der Waals surface area contributed by atoms with Gasteiger partial charge in [0.15, 0.2) is 6.29 Å². The second-order valence-corrected chi connectivity index (χ2v) is 3.55. The first kappa shape index (κ1) is 11.7. The average Bonchev–Trinajstić information content (AvgIpc) is 2.66. The molecule has 82 valence electrons. The van der Waals surface area contributed by atoms with E-state index in [2.05, 4.69) is 5.32 Å². The van der Waals surface area contributed by atoms with Crippen molar-refractivity contribution < 1.29 is 19.1 Å². The van der Waals surface area contributed by atoms with Crippen LogP contribution in [-0.2, 0) is 9.47 Å². The molecule has 0 aliphatic rings. The summed E-state index contributed by atoms with van der Waals surface area (Å²) < 4.78 is 9.49. The lowest BCUT2D eigenvalue weighted by Crippen LogP contribution is -2.15. The maximum atomic E-state index is 11.1. The van der Waals surface area contributed by atoms with E-state index in [1.807, 2.05) is 0 Å². The zero-order valence-corrected chi connectivity index (χ0v) is 9.00. The number of carbonyl (C=O) groups is 2. The second-order valence-electron chi connectivity index (χ2n) is 2.61. The third-order valence-corrected chi connectivity index (χ3v) is 2.36. The Bertz CT molecular complexity index is 337.